The number of rotatable bonds is 3. The van der Waals surface area contributed by atoms with Gasteiger partial charge in [0.15, 0.2) is 5.13 Å². The molecule has 0 saturated carbocycles. The van der Waals surface area contributed by atoms with E-state index in [2.05, 4.69) is 20.3 Å². The van der Waals surface area contributed by atoms with Crippen LogP contribution in [0.3, 0.4) is 0 Å². The third-order valence-electron chi connectivity index (χ3n) is 3.93. The van der Waals surface area contributed by atoms with E-state index >= 15 is 0 Å². The van der Waals surface area contributed by atoms with Crippen molar-refractivity contribution in [2.45, 2.75) is 6.92 Å². The molecule has 0 saturated heterocycles. The summed E-state index contributed by atoms with van der Waals surface area (Å²) in [5.74, 6) is -0.379. The molecule has 4 aromatic rings. The molecular formula is C18H12Cl2N4OS. The monoisotopic (exact) mass is 402 g/mol. The summed E-state index contributed by atoms with van der Waals surface area (Å²) in [4.78, 5) is 24.2. The maximum absolute atomic E-state index is 12.4. The fourth-order valence-corrected chi connectivity index (χ4v) is 3.93. The van der Waals surface area contributed by atoms with Crippen molar-refractivity contribution in [2.24, 2.45) is 0 Å². The van der Waals surface area contributed by atoms with Crippen molar-refractivity contribution in [2.75, 3.05) is 5.32 Å². The number of amides is 1. The summed E-state index contributed by atoms with van der Waals surface area (Å²) < 4.78 is 0. The van der Waals surface area contributed by atoms with Crippen molar-refractivity contribution >= 4 is 56.5 Å². The number of carbonyl (C=O) groups is 1. The van der Waals surface area contributed by atoms with Crippen molar-refractivity contribution in [1.82, 2.24) is 15.0 Å². The fourth-order valence-electron chi connectivity index (χ4n) is 2.80. The van der Waals surface area contributed by atoms with Crippen LogP contribution in [0, 0.1) is 6.92 Å². The van der Waals surface area contributed by atoms with Gasteiger partial charge in [0.25, 0.3) is 5.91 Å². The molecule has 3 aromatic heterocycles. The summed E-state index contributed by atoms with van der Waals surface area (Å²) in [5.41, 5.74) is 4.16. The molecule has 0 spiro atoms. The van der Waals surface area contributed by atoms with Crippen LogP contribution < -0.4 is 5.32 Å². The lowest BCUT2D eigenvalue weighted by Crippen LogP contribution is -2.12. The predicted octanol–water partition coefficient (Wildman–Crippen LogP) is 5.55. The molecule has 1 aromatic carbocycles. The molecule has 5 nitrogen and oxygen atoms in total. The lowest BCUT2D eigenvalue weighted by molar-refractivity contribution is 0.102. The number of thiazole rings is 1. The summed E-state index contributed by atoms with van der Waals surface area (Å²) in [6.07, 6.45) is 0. The number of anilines is 1. The van der Waals surface area contributed by atoms with Crippen LogP contribution in [0.2, 0.25) is 10.3 Å². The van der Waals surface area contributed by atoms with E-state index in [4.69, 9.17) is 23.2 Å². The van der Waals surface area contributed by atoms with E-state index < -0.39 is 0 Å². The summed E-state index contributed by atoms with van der Waals surface area (Å²) >= 11 is 13.1. The van der Waals surface area contributed by atoms with E-state index in [9.17, 15) is 4.79 Å². The van der Waals surface area contributed by atoms with Crippen LogP contribution in [0.1, 0.15) is 16.1 Å². The van der Waals surface area contributed by atoms with E-state index in [1.807, 2.05) is 36.6 Å². The molecule has 0 unspecified atom stereocenters. The molecule has 0 aliphatic carbocycles. The number of nitrogens with one attached hydrogen (secondary N) is 2. The standard InChI is InChI=1S/C18H12Cl2N4OS/c1-9-15(10-4-2-3-5-12(10)21-9)13-8-26-18(22-13)24-17(25)11-6-7-14(19)23-16(11)20/h2-8,21H,1H3,(H,22,24,25). The molecule has 26 heavy (non-hydrogen) atoms. The highest BCUT2D eigenvalue weighted by atomic mass is 35.5. The molecule has 130 valence electrons. The average molecular weight is 403 g/mol. The Labute approximate surface area is 163 Å². The Bertz CT molecular complexity index is 1140. The molecule has 0 fully saturated rings. The SMILES string of the molecule is Cc1[nH]c2ccccc2c1-c1csc(NC(=O)c2ccc(Cl)nc2Cl)n1. The summed E-state index contributed by atoms with van der Waals surface area (Å²) in [5, 5.41) is 6.55. The number of halogens is 2. The number of benzene rings is 1. The first-order valence-corrected chi connectivity index (χ1v) is 9.33. The molecule has 0 atom stereocenters. The highest BCUT2D eigenvalue weighted by Crippen LogP contribution is 2.34. The van der Waals surface area contributed by atoms with Crippen LogP contribution >= 0.6 is 34.5 Å². The van der Waals surface area contributed by atoms with Crippen LogP contribution in [0.25, 0.3) is 22.2 Å². The molecule has 3 heterocycles. The highest BCUT2D eigenvalue weighted by Gasteiger charge is 2.16. The first kappa shape index (κ1) is 17.0. The maximum Gasteiger partial charge on any atom is 0.260 e. The van der Waals surface area contributed by atoms with Gasteiger partial charge in [-0.2, -0.15) is 0 Å². The Morgan fingerprint density at radius 1 is 1.15 bits per heavy atom. The molecular weight excluding hydrogens is 391 g/mol. The molecule has 4 rings (SSSR count). The van der Waals surface area contributed by atoms with Crippen LogP contribution in [0.5, 0.6) is 0 Å². The molecule has 0 aliphatic heterocycles. The van der Waals surface area contributed by atoms with Crippen LogP contribution in [-0.4, -0.2) is 20.9 Å². The van der Waals surface area contributed by atoms with Gasteiger partial charge in [-0.15, -0.1) is 11.3 Å². The number of hydrogen-bond donors (Lipinski definition) is 2. The number of para-hydroxylation sites is 1. The fraction of sp³-hybridized carbons (Fsp3) is 0.0556. The van der Waals surface area contributed by atoms with Gasteiger partial charge in [-0.3, -0.25) is 10.1 Å². The molecule has 0 radical (unpaired) electrons. The molecule has 8 heteroatoms. The molecule has 0 aliphatic rings. The van der Waals surface area contributed by atoms with Gasteiger partial charge in [0.2, 0.25) is 0 Å². The average Bonchev–Trinajstić information content (AvgIpc) is 3.17. The van der Waals surface area contributed by atoms with Gasteiger partial charge in [0.05, 0.1) is 11.3 Å². The van der Waals surface area contributed by atoms with Gasteiger partial charge >= 0.3 is 0 Å². The van der Waals surface area contributed by atoms with E-state index in [0.717, 1.165) is 27.9 Å². The van der Waals surface area contributed by atoms with Crippen molar-refractivity contribution in [3.8, 4) is 11.3 Å². The quantitative estimate of drug-likeness (QED) is 0.441. The lowest BCUT2D eigenvalue weighted by Gasteiger charge is -2.03. The molecule has 2 N–H and O–H groups in total. The molecule has 0 bridgehead atoms. The smallest absolute Gasteiger partial charge is 0.260 e. The second-order valence-corrected chi connectivity index (χ2v) is 7.24. The number of fused-ring (bicyclic) bond motifs is 1. The number of aryl methyl sites for hydroxylation is 1. The third-order valence-corrected chi connectivity index (χ3v) is 5.19. The van der Waals surface area contributed by atoms with E-state index in [1.165, 1.54) is 23.5 Å². The van der Waals surface area contributed by atoms with Gasteiger partial charge in [-0.05, 0) is 25.1 Å². The van der Waals surface area contributed by atoms with E-state index in [-0.39, 0.29) is 21.8 Å². The Morgan fingerprint density at radius 2 is 1.96 bits per heavy atom. The first-order chi connectivity index (χ1) is 12.5. The zero-order valence-electron chi connectivity index (χ0n) is 13.5. The zero-order chi connectivity index (χ0) is 18.3. The van der Waals surface area contributed by atoms with Crippen molar-refractivity contribution < 1.29 is 4.79 Å². The Kier molecular flexibility index (Phi) is 4.40. The van der Waals surface area contributed by atoms with Crippen molar-refractivity contribution in [3.63, 3.8) is 0 Å². The summed E-state index contributed by atoms with van der Waals surface area (Å²) in [6.45, 7) is 2.01. The zero-order valence-corrected chi connectivity index (χ0v) is 15.8. The summed E-state index contributed by atoms with van der Waals surface area (Å²) in [6, 6.07) is 11.1. The van der Waals surface area contributed by atoms with E-state index in [1.54, 1.807) is 0 Å². The Balaban J connectivity index is 1.64. The number of nitrogens with zero attached hydrogens (tertiary/aromatic N) is 2. The highest BCUT2D eigenvalue weighted by molar-refractivity contribution is 7.14. The number of carbonyl (C=O) groups excluding carboxylic acids is 1. The molecule has 1 amide bonds. The Morgan fingerprint density at radius 3 is 2.77 bits per heavy atom. The third kappa shape index (κ3) is 3.07. The van der Waals surface area contributed by atoms with Crippen molar-refractivity contribution in [1.29, 1.82) is 0 Å². The number of H-pyrrole nitrogens is 1. The van der Waals surface area contributed by atoms with Gasteiger partial charge in [-0.1, -0.05) is 41.4 Å². The second kappa shape index (κ2) is 6.72. The topological polar surface area (TPSA) is 70.7 Å². The minimum Gasteiger partial charge on any atom is -0.358 e. The first-order valence-electron chi connectivity index (χ1n) is 7.69. The van der Waals surface area contributed by atoms with Gasteiger partial charge < -0.3 is 4.98 Å². The van der Waals surface area contributed by atoms with E-state index in [0.29, 0.717) is 5.13 Å². The van der Waals surface area contributed by atoms with Crippen LogP contribution in [0.4, 0.5) is 5.13 Å². The Hall–Kier alpha value is -2.41. The van der Waals surface area contributed by atoms with Crippen LogP contribution in [-0.2, 0) is 0 Å². The minimum absolute atomic E-state index is 0.0549. The predicted molar refractivity (Wildman–Crippen MR) is 106 cm³/mol. The van der Waals surface area contributed by atoms with Gasteiger partial charge in [0.1, 0.15) is 10.3 Å². The number of hydrogen-bond acceptors (Lipinski definition) is 4. The van der Waals surface area contributed by atoms with Gasteiger partial charge in [-0.25, -0.2) is 9.97 Å². The number of pyridine rings is 1. The number of aromatic amines is 1. The normalized spacial score (nSPS) is 11.0. The summed E-state index contributed by atoms with van der Waals surface area (Å²) in [7, 11) is 0. The maximum atomic E-state index is 12.4. The second-order valence-electron chi connectivity index (χ2n) is 5.63. The lowest BCUT2D eigenvalue weighted by atomic mass is 10.1. The van der Waals surface area contributed by atoms with Crippen molar-refractivity contribution in [3.05, 3.63) is 63.3 Å². The largest absolute Gasteiger partial charge is 0.358 e. The number of aromatic nitrogens is 3. The van der Waals surface area contributed by atoms with Gasteiger partial charge in [0, 0.05) is 27.5 Å². The van der Waals surface area contributed by atoms with Crippen LogP contribution in [0.15, 0.2) is 41.8 Å². The minimum atomic E-state index is -0.379.